The number of ether oxygens (including phenoxy) is 1. The molecule has 1 aliphatic rings. The smallest absolute Gasteiger partial charge is 0.325 e. The molecule has 2 heterocycles. The molecule has 1 atom stereocenters. The molecule has 3 aromatic rings. The molecule has 0 saturated carbocycles. The number of ketones is 1. The summed E-state index contributed by atoms with van der Waals surface area (Å²) < 4.78 is 5.25. The van der Waals surface area contributed by atoms with Crippen molar-refractivity contribution in [2.45, 2.75) is 19.4 Å². The Morgan fingerprint density at radius 1 is 1.17 bits per heavy atom. The normalized spacial score (nSPS) is 17.3. The average Bonchev–Trinajstić information content (AvgIpc) is 2.74. The van der Waals surface area contributed by atoms with Gasteiger partial charge in [-0.1, -0.05) is 18.2 Å². The summed E-state index contributed by atoms with van der Waals surface area (Å²) in [5.41, 5.74) is 0.306. The number of aromatic nitrogens is 2. The SMILES string of the molecule is COc1ccc2cc(C(=O)C3CCCN(Cc4c[nH]c(=O)[nH]c4=O)C3)ccc2c1. The van der Waals surface area contributed by atoms with Gasteiger partial charge < -0.3 is 9.72 Å². The van der Waals surface area contributed by atoms with Crippen molar-refractivity contribution in [3.63, 3.8) is 0 Å². The van der Waals surface area contributed by atoms with Crippen molar-refractivity contribution in [2.75, 3.05) is 20.2 Å². The summed E-state index contributed by atoms with van der Waals surface area (Å²) >= 11 is 0. The predicted molar refractivity (Wildman–Crippen MR) is 111 cm³/mol. The maximum Gasteiger partial charge on any atom is 0.325 e. The summed E-state index contributed by atoms with van der Waals surface area (Å²) in [6.45, 7) is 1.82. The molecule has 2 N–H and O–H groups in total. The third-order valence-electron chi connectivity index (χ3n) is 5.50. The Balaban J connectivity index is 1.50. The number of methoxy groups -OCH3 is 1. The van der Waals surface area contributed by atoms with Gasteiger partial charge in [-0.25, -0.2) is 4.79 Å². The lowest BCUT2D eigenvalue weighted by Gasteiger charge is -2.31. The molecule has 0 bridgehead atoms. The predicted octanol–water partition coefficient (Wildman–Crippen LogP) is 2.32. The molecule has 2 aromatic carbocycles. The van der Waals surface area contributed by atoms with E-state index in [-0.39, 0.29) is 17.3 Å². The van der Waals surface area contributed by atoms with Crippen LogP contribution in [-0.4, -0.2) is 40.9 Å². The van der Waals surface area contributed by atoms with Crippen LogP contribution < -0.4 is 16.0 Å². The first-order valence-electron chi connectivity index (χ1n) is 9.69. The maximum absolute atomic E-state index is 13.1. The molecular weight excluding hydrogens is 370 g/mol. The fourth-order valence-electron chi connectivity index (χ4n) is 3.95. The zero-order valence-corrected chi connectivity index (χ0v) is 16.2. The molecule has 7 heteroatoms. The standard InChI is InChI=1S/C22H23N3O4/c1-29-19-7-6-14-9-16(5-4-15(14)10-19)20(26)17-3-2-8-25(12-17)13-18-11-23-22(28)24-21(18)27/h4-7,9-11,17H,2-3,8,12-13H2,1H3,(H2,23,24,27,28). The Kier molecular flexibility index (Phi) is 5.31. The number of fused-ring (bicyclic) bond motifs is 1. The molecule has 1 aliphatic heterocycles. The van der Waals surface area contributed by atoms with Crippen molar-refractivity contribution in [2.24, 2.45) is 5.92 Å². The quantitative estimate of drug-likeness (QED) is 0.649. The van der Waals surface area contributed by atoms with Crippen molar-refractivity contribution in [3.05, 3.63) is 74.6 Å². The minimum Gasteiger partial charge on any atom is -0.497 e. The summed E-state index contributed by atoms with van der Waals surface area (Å²) in [6, 6.07) is 11.6. The van der Waals surface area contributed by atoms with E-state index < -0.39 is 5.69 Å². The van der Waals surface area contributed by atoms with Crippen LogP contribution in [0.3, 0.4) is 0 Å². The second-order valence-corrected chi connectivity index (χ2v) is 7.46. The highest BCUT2D eigenvalue weighted by atomic mass is 16.5. The molecule has 4 rings (SSSR count). The van der Waals surface area contributed by atoms with Gasteiger partial charge in [-0.15, -0.1) is 0 Å². The number of aromatic amines is 2. The van der Waals surface area contributed by atoms with E-state index in [9.17, 15) is 14.4 Å². The fraction of sp³-hybridized carbons (Fsp3) is 0.318. The lowest BCUT2D eigenvalue weighted by Crippen LogP contribution is -2.40. The van der Waals surface area contributed by atoms with E-state index in [1.807, 2.05) is 36.4 Å². The Labute approximate surface area is 167 Å². The van der Waals surface area contributed by atoms with Crippen LogP contribution in [0, 0.1) is 5.92 Å². The van der Waals surface area contributed by atoms with Crippen molar-refractivity contribution in [3.8, 4) is 5.75 Å². The van der Waals surface area contributed by atoms with Crippen LogP contribution in [0.1, 0.15) is 28.8 Å². The molecule has 1 saturated heterocycles. The molecule has 150 valence electrons. The molecule has 0 aliphatic carbocycles. The highest BCUT2D eigenvalue weighted by molar-refractivity contribution is 6.01. The molecule has 7 nitrogen and oxygen atoms in total. The van der Waals surface area contributed by atoms with Gasteiger partial charge in [0.05, 0.1) is 7.11 Å². The van der Waals surface area contributed by atoms with Gasteiger partial charge in [-0.2, -0.15) is 0 Å². The minimum atomic E-state index is -0.514. The van der Waals surface area contributed by atoms with Crippen LogP contribution in [0.4, 0.5) is 0 Å². The number of Topliss-reactive ketones (excluding diaryl/α,β-unsaturated/α-hetero) is 1. The zero-order valence-electron chi connectivity index (χ0n) is 16.2. The van der Waals surface area contributed by atoms with Crippen LogP contribution in [0.2, 0.25) is 0 Å². The Morgan fingerprint density at radius 2 is 1.97 bits per heavy atom. The number of benzene rings is 2. The van der Waals surface area contributed by atoms with Crippen LogP contribution in [0.25, 0.3) is 10.8 Å². The third-order valence-corrected chi connectivity index (χ3v) is 5.50. The van der Waals surface area contributed by atoms with E-state index in [0.717, 1.165) is 35.9 Å². The van der Waals surface area contributed by atoms with Gasteiger partial charge in [0.1, 0.15) is 5.75 Å². The maximum atomic E-state index is 13.1. The Hall–Kier alpha value is -3.19. The molecule has 1 aromatic heterocycles. The van der Waals surface area contributed by atoms with E-state index >= 15 is 0 Å². The van der Waals surface area contributed by atoms with Gasteiger partial charge in [0.2, 0.25) is 0 Å². The molecule has 0 spiro atoms. The monoisotopic (exact) mass is 393 g/mol. The summed E-state index contributed by atoms with van der Waals surface area (Å²) in [7, 11) is 1.63. The lowest BCUT2D eigenvalue weighted by molar-refractivity contribution is 0.0811. The highest BCUT2D eigenvalue weighted by Crippen LogP contribution is 2.26. The average molecular weight is 393 g/mol. The second kappa shape index (κ2) is 8.05. The molecule has 1 fully saturated rings. The van der Waals surface area contributed by atoms with E-state index in [1.165, 1.54) is 6.20 Å². The number of carbonyl (C=O) groups excluding carboxylic acids is 1. The molecule has 0 radical (unpaired) electrons. The minimum absolute atomic E-state index is 0.110. The number of nitrogens with zero attached hydrogens (tertiary/aromatic N) is 1. The van der Waals surface area contributed by atoms with Gasteiger partial charge in [-0.3, -0.25) is 19.5 Å². The first kappa shape index (κ1) is 19.1. The van der Waals surface area contributed by atoms with Crippen LogP contribution >= 0.6 is 0 Å². The van der Waals surface area contributed by atoms with E-state index in [2.05, 4.69) is 14.9 Å². The largest absolute Gasteiger partial charge is 0.497 e. The topological polar surface area (TPSA) is 95.3 Å². The van der Waals surface area contributed by atoms with Gasteiger partial charge in [0.25, 0.3) is 5.56 Å². The number of hydrogen-bond acceptors (Lipinski definition) is 5. The molecule has 0 amide bonds. The van der Waals surface area contributed by atoms with Gasteiger partial charge in [-0.05, 0) is 48.4 Å². The number of rotatable bonds is 5. The Morgan fingerprint density at radius 3 is 2.76 bits per heavy atom. The molecular formula is C22H23N3O4. The van der Waals surface area contributed by atoms with E-state index in [4.69, 9.17) is 4.74 Å². The van der Waals surface area contributed by atoms with Crippen LogP contribution in [0.15, 0.2) is 52.2 Å². The lowest BCUT2D eigenvalue weighted by atomic mass is 9.89. The van der Waals surface area contributed by atoms with Gasteiger partial charge in [0, 0.05) is 36.3 Å². The van der Waals surface area contributed by atoms with E-state index in [1.54, 1.807) is 7.11 Å². The van der Waals surface area contributed by atoms with Crippen molar-refractivity contribution in [1.29, 1.82) is 0 Å². The number of nitrogens with one attached hydrogen (secondary N) is 2. The number of carbonyl (C=O) groups is 1. The summed E-state index contributed by atoms with van der Waals surface area (Å²) in [6.07, 6.45) is 3.17. The number of hydrogen-bond donors (Lipinski definition) is 2. The first-order chi connectivity index (χ1) is 14.0. The number of likely N-dealkylation sites (tertiary alicyclic amines) is 1. The van der Waals surface area contributed by atoms with Crippen LogP contribution in [-0.2, 0) is 6.54 Å². The Bertz CT molecular complexity index is 1160. The van der Waals surface area contributed by atoms with Crippen molar-refractivity contribution < 1.29 is 9.53 Å². The van der Waals surface area contributed by atoms with Crippen molar-refractivity contribution >= 4 is 16.6 Å². The summed E-state index contributed by atoms with van der Waals surface area (Å²) in [4.78, 5) is 43.1. The fourth-order valence-corrected chi connectivity index (χ4v) is 3.95. The third kappa shape index (κ3) is 4.14. The van der Waals surface area contributed by atoms with E-state index in [0.29, 0.717) is 24.2 Å². The zero-order chi connectivity index (χ0) is 20.4. The summed E-state index contributed by atoms with van der Waals surface area (Å²) in [5, 5.41) is 2.03. The number of piperidine rings is 1. The summed E-state index contributed by atoms with van der Waals surface area (Å²) in [5.74, 6) is 0.806. The first-order valence-corrected chi connectivity index (χ1v) is 9.69. The van der Waals surface area contributed by atoms with Crippen LogP contribution in [0.5, 0.6) is 5.75 Å². The number of H-pyrrole nitrogens is 2. The van der Waals surface area contributed by atoms with Gasteiger partial charge in [0.15, 0.2) is 5.78 Å². The second-order valence-electron chi connectivity index (χ2n) is 7.46. The van der Waals surface area contributed by atoms with Gasteiger partial charge >= 0.3 is 5.69 Å². The van der Waals surface area contributed by atoms with Crippen molar-refractivity contribution in [1.82, 2.24) is 14.9 Å². The molecule has 1 unspecified atom stereocenters. The highest BCUT2D eigenvalue weighted by Gasteiger charge is 2.27. The molecule has 29 heavy (non-hydrogen) atoms.